The van der Waals surface area contributed by atoms with Gasteiger partial charge in [0, 0.05) is 44.6 Å². The summed E-state index contributed by atoms with van der Waals surface area (Å²) in [6.45, 7) is 4.55. The zero-order valence-electron chi connectivity index (χ0n) is 12.1. The molecule has 0 amide bonds. The van der Waals surface area contributed by atoms with E-state index < -0.39 is 10.2 Å². The minimum atomic E-state index is -3.45. The van der Waals surface area contributed by atoms with Crippen LogP contribution in [-0.4, -0.2) is 54.9 Å². The van der Waals surface area contributed by atoms with Crippen LogP contribution in [0.3, 0.4) is 0 Å². The minimum absolute atomic E-state index is 0.0118. The summed E-state index contributed by atoms with van der Waals surface area (Å²) in [6.07, 6.45) is 0. The van der Waals surface area contributed by atoms with E-state index in [1.165, 1.54) is 8.61 Å². The standard InChI is InChI=1S/C13H22N2O3S2/c1-10(2)14(3)20(17,18)15-6-12(8-16)13(7-15)11-4-5-19-9-11/h4-5,9-10,12-13,16H,6-8H2,1-3H3. The third-order valence-electron chi connectivity index (χ3n) is 4.03. The number of hydrogen-bond donors (Lipinski definition) is 1. The third kappa shape index (κ3) is 2.92. The highest BCUT2D eigenvalue weighted by Crippen LogP contribution is 2.35. The molecule has 5 nitrogen and oxygen atoms in total. The molecule has 2 atom stereocenters. The summed E-state index contributed by atoms with van der Waals surface area (Å²) in [5, 5.41) is 13.6. The maximum absolute atomic E-state index is 12.5. The van der Waals surface area contributed by atoms with E-state index in [-0.39, 0.29) is 24.5 Å². The van der Waals surface area contributed by atoms with Crippen molar-refractivity contribution in [3.8, 4) is 0 Å². The predicted molar refractivity (Wildman–Crippen MR) is 81.0 cm³/mol. The number of rotatable bonds is 5. The van der Waals surface area contributed by atoms with Crippen molar-refractivity contribution in [3.05, 3.63) is 22.4 Å². The first-order valence-electron chi connectivity index (χ1n) is 6.74. The molecule has 0 bridgehead atoms. The van der Waals surface area contributed by atoms with Gasteiger partial charge in [-0.1, -0.05) is 0 Å². The second kappa shape index (κ2) is 6.11. The van der Waals surface area contributed by atoms with Gasteiger partial charge in [0.15, 0.2) is 0 Å². The fourth-order valence-electron chi connectivity index (χ4n) is 2.52. The van der Waals surface area contributed by atoms with Crippen molar-refractivity contribution in [3.63, 3.8) is 0 Å². The van der Waals surface area contributed by atoms with Gasteiger partial charge in [-0.3, -0.25) is 0 Å². The molecule has 2 heterocycles. The molecule has 7 heteroatoms. The smallest absolute Gasteiger partial charge is 0.281 e. The van der Waals surface area contributed by atoms with Crippen molar-refractivity contribution < 1.29 is 13.5 Å². The fourth-order valence-corrected chi connectivity index (χ4v) is 4.87. The van der Waals surface area contributed by atoms with Crippen LogP contribution in [0, 0.1) is 5.92 Å². The molecule has 0 aliphatic carbocycles. The highest BCUT2D eigenvalue weighted by molar-refractivity contribution is 7.86. The van der Waals surface area contributed by atoms with Crippen LogP contribution in [0.2, 0.25) is 0 Å². The van der Waals surface area contributed by atoms with Crippen molar-refractivity contribution in [1.29, 1.82) is 0 Å². The van der Waals surface area contributed by atoms with E-state index in [0.29, 0.717) is 13.1 Å². The first-order valence-corrected chi connectivity index (χ1v) is 9.08. The van der Waals surface area contributed by atoms with Crippen LogP contribution in [0.5, 0.6) is 0 Å². The van der Waals surface area contributed by atoms with Crippen molar-refractivity contribution in [2.24, 2.45) is 5.92 Å². The number of aliphatic hydroxyl groups is 1. The van der Waals surface area contributed by atoms with Gasteiger partial charge in [0.25, 0.3) is 10.2 Å². The van der Waals surface area contributed by atoms with E-state index >= 15 is 0 Å². The van der Waals surface area contributed by atoms with Crippen molar-refractivity contribution in [1.82, 2.24) is 8.61 Å². The molecule has 1 saturated heterocycles. The summed E-state index contributed by atoms with van der Waals surface area (Å²) in [7, 11) is -1.84. The van der Waals surface area contributed by atoms with Crippen LogP contribution in [0.4, 0.5) is 0 Å². The van der Waals surface area contributed by atoms with Gasteiger partial charge in [-0.25, -0.2) is 0 Å². The third-order valence-corrected chi connectivity index (χ3v) is 6.83. The molecule has 0 aromatic carbocycles. The quantitative estimate of drug-likeness (QED) is 0.891. The average molecular weight is 318 g/mol. The molecule has 2 unspecified atom stereocenters. The van der Waals surface area contributed by atoms with Crippen molar-refractivity contribution in [2.75, 3.05) is 26.7 Å². The van der Waals surface area contributed by atoms with Crippen LogP contribution in [0.25, 0.3) is 0 Å². The highest BCUT2D eigenvalue weighted by Gasteiger charge is 2.41. The minimum Gasteiger partial charge on any atom is -0.396 e. The Balaban J connectivity index is 2.21. The lowest BCUT2D eigenvalue weighted by atomic mass is 9.92. The zero-order valence-corrected chi connectivity index (χ0v) is 13.7. The first kappa shape index (κ1) is 15.9. The Morgan fingerprint density at radius 1 is 1.50 bits per heavy atom. The lowest BCUT2D eigenvalue weighted by Gasteiger charge is -2.26. The van der Waals surface area contributed by atoms with E-state index in [1.54, 1.807) is 18.4 Å². The maximum atomic E-state index is 12.5. The summed E-state index contributed by atoms with van der Waals surface area (Å²) in [5.41, 5.74) is 1.12. The summed E-state index contributed by atoms with van der Waals surface area (Å²) < 4.78 is 27.9. The van der Waals surface area contributed by atoms with Gasteiger partial charge in [-0.05, 0) is 36.2 Å². The van der Waals surface area contributed by atoms with Crippen LogP contribution in [-0.2, 0) is 10.2 Å². The molecule has 0 spiro atoms. The molecule has 1 aliphatic heterocycles. The Hall–Kier alpha value is -0.470. The summed E-state index contributed by atoms with van der Waals surface area (Å²) in [6, 6.07) is 1.94. The SMILES string of the molecule is CC(C)N(C)S(=O)(=O)N1CC(CO)C(c2ccsc2)C1. The van der Waals surface area contributed by atoms with Gasteiger partial charge in [-0.15, -0.1) is 0 Å². The maximum Gasteiger partial charge on any atom is 0.281 e. The molecule has 2 rings (SSSR count). The predicted octanol–water partition coefficient (Wildman–Crippen LogP) is 1.34. The molecular formula is C13H22N2O3S2. The molecule has 0 radical (unpaired) electrons. The molecule has 1 fully saturated rings. The average Bonchev–Trinajstić information content (AvgIpc) is 3.05. The van der Waals surface area contributed by atoms with E-state index in [9.17, 15) is 13.5 Å². The number of nitrogens with zero attached hydrogens (tertiary/aromatic N) is 2. The monoisotopic (exact) mass is 318 g/mol. The molecule has 1 N–H and O–H groups in total. The van der Waals surface area contributed by atoms with Gasteiger partial charge < -0.3 is 5.11 Å². The van der Waals surface area contributed by atoms with E-state index in [1.807, 2.05) is 30.7 Å². The zero-order chi connectivity index (χ0) is 14.9. The lowest BCUT2D eigenvalue weighted by molar-refractivity contribution is 0.222. The molecule has 114 valence electrons. The second-order valence-electron chi connectivity index (χ2n) is 5.54. The molecule has 20 heavy (non-hydrogen) atoms. The number of thiophene rings is 1. The van der Waals surface area contributed by atoms with Crippen molar-refractivity contribution >= 4 is 21.5 Å². The number of aliphatic hydroxyl groups excluding tert-OH is 1. The number of hydrogen-bond acceptors (Lipinski definition) is 4. The fraction of sp³-hybridized carbons (Fsp3) is 0.692. The van der Waals surface area contributed by atoms with E-state index in [4.69, 9.17) is 0 Å². The van der Waals surface area contributed by atoms with Crippen molar-refractivity contribution in [2.45, 2.75) is 25.8 Å². The molecule has 1 aromatic heterocycles. The molecule has 1 aromatic rings. The Bertz CT molecular complexity index is 528. The van der Waals surface area contributed by atoms with Gasteiger partial charge in [0.1, 0.15) is 0 Å². The molecular weight excluding hydrogens is 296 g/mol. The molecule has 1 aliphatic rings. The summed E-state index contributed by atoms with van der Waals surface area (Å²) in [5.74, 6) is 0.0570. The van der Waals surface area contributed by atoms with E-state index in [2.05, 4.69) is 0 Å². The Labute approximate surface area is 125 Å². The van der Waals surface area contributed by atoms with Gasteiger partial charge in [-0.2, -0.15) is 28.4 Å². The highest BCUT2D eigenvalue weighted by atomic mass is 32.2. The normalized spacial score (nSPS) is 24.9. The Kier molecular flexibility index (Phi) is 4.86. The van der Waals surface area contributed by atoms with Gasteiger partial charge in [0.2, 0.25) is 0 Å². The van der Waals surface area contributed by atoms with E-state index in [0.717, 1.165) is 5.56 Å². The molecule has 0 saturated carbocycles. The van der Waals surface area contributed by atoms with Crippen LogP contribution >= 0.6 is 11.3 Å². The van der Waals surface area contributed by atoms with Crippen LogP contribution < -0.4 is 0 Å². The summed E-state index contributed by atoms with van der Waals surface area (Å²) in [4.78, 5) is 0. The Morgan fingerprint density at radius 2 is 2.20 bits per heavy atom. The topological polar surface area (TPSA) is 60.9 Å². The first-order chi connectivity index (χ1) is 9.37. The van der Waals surface area contributed by atoms with Crippen LogP contribution in [0.1, 0.15) is 25.3 Å². The lowest BCUT2D eigenvalue weighted by Crippen LogP contribution is -2.44. The van der Waals surface area contributed by atoms with Gasteiger partial charge >= 0.3 is 0 Å². The Morgan fingerprint density at radius 3 is 2.70 bits per heavy atom. The summed E-state index contributed by atoms with van der Waals surface area (Å²) >= 11 is 1.60. The van der Waals surface area contributed by atoms with Crippen LogP contribution in [0.15, 0.2) is 16.8 Å². The largest absolute Gasteiger partial charge is 0.396 e. The van der Waals surface area contributed by atoms with Gasteiger partial charge in [0.05, 0.1) is 0 Å². The second-order valence-corrected chi connectivity index (χ2v) is 8.31.